The highest BCUT2D eigenvalue weighted by atomic mass is 16.2. The third-order valence-corrected chi connectivity index (χ3v) is 2.46. The van der Waals surface area contributed by atoms with Gasteiger partial charge in [-0.05, 0) is 30.4 Å². The minimum atomic E-state index is 0.239. The number of hydrogen-bond acceptors (Lipinski definition) is 1. The maximum Gasteiger partial charge on any atom is 0.0465 e. The number of rotatable bonds is 6. The Hall–Kier alpha value is -1.08. The van der Waals surface area contributed by atoms with Crippen LogP contribution in [0.3, 0.4) is 0 Å². The number of aliphatic hydroxyl groups is 1. The van der Waals surface area contributed by atoms with Crippen molar-refractivity contribution in [3.8, 4) is 0 Å². The van der Waals surface area contributed by atoms with Crippen LogP contribution in [0.25, 0.3) is 5.57 Å². The third kappa shape index (κ3) is 4.30. The van der Waals surface area contributed by atoms with Crippen LogP contribution in [0.4, 0.5) is 0 Å². The van der Waals surface area contributed by atoms with Crippen molar-refractivity contribution < 1.29 is 5.11 Å². The molecule has 0 heterocycles. The summed E-state index contributed by atoms with van der Waals surface area (Å²) in [7, 11) is 0. The predicted molar refractivity (Wildman–Crippen MR) is 65.6 cm³/mol. The van der Waals surface area contributed by atoms with Crippen LogP contribution in [-0.2, 0) is 0 Å². The standard InChI is InChI=1S/C14H20O/c1-2-3-8-13(11-7-12-15)14-9-5-4-6-10-14/h4-6,9-11,15H,2-3,7-8,12H2,1H3/b13-11-. The van der Waals surface area contributed by atoms with Gasteiger partial charge in [-0.3, -0.25) is 0 Å². The van der Waals surface area contributed by atoms with Gasteiger partial charge in [0.05, 0.1) is 0 Å². The zero-order valence-corrected chi connectivity index (χ0v) is 9.45. The van der Waals surface area contributed by atoms with Crippen LogP contribution in [0.5, 0.6) is 0 Å². The molecule has 82 valence electrons. The quantitative estimate of drug-likeness (QED) is 0.750. The molecular weight excluding hydrogens is 184 g/mol. The first-order valence-electron chi connectivity index (χ1n) is 5.73. The first-order chi connectivity index (χ1) is 7.38. The lowest BCUT2D eigenvalue weighted by Gasteiger charge is -2.07. The van der Waals surface area contributed by atoms with Gasteiger partial charge in [0.15, 0.2) is 0 Å². The molecule has 0 aliphatic heterocycles. The van der Waals surface area contributed by atoms with Gasteiger partial charge in [-0.1, -0.05) is 49.8 Å². The lowest BCUT2D eigenvalue weighted by atomic mass is 9.99. The zero-order chi connectivity index (χ0) is 10.9. The van der Waals surface area contributed by atoms with E-state index in [-0.39, 0.29) is 6.61 Å². The van der Waals surface area contributed by atoms with E-state index in [1.165, 1.54) is 24.0 Å². The highest BCUT2D eigenvalue weighted by molar-refractivity contribution is 5.65. The maximum absolute atomic E-state index is 8.84. The molecule has 1 heteroatoms. The number of allylic oxidation sites excluding steroid dienone is 1. The SMILES string of the molecule is CCCC/C(=C/CCO)c1ccccc1. The van der Waals surface area contributed by atoms with Crippen LogP contribution in [0, 0.1) is 0 Å². The first kappa shape index (κ1) is 12.0. The molecule has 0 fully saturated rings. The molecule has 1 nitrogen and oxygen atoms in total. The Kier molecular flexibility index (Phi) is 5.79. The van der Waals surface area contributed by atoms with Crippen molar-refractivity contribution in [2.24, 2.45) is 0 Å². The third-order valence-electron chi connectivity index (χ3n) is 2.46. The highest BCUT2D eigenvalue weighted by Crippen LogP contribution is 2.20. The second kappa shape index (κ2) is 7.24. The molecule has 0 radical (unpaired) electrons. The molecule has 0 amide bonds. The van der Waals surface area contributed by atoms with Crippen LogP contribution in [-0.4, -0.2) is 11.7 Å². The van der Waals surface area contributed by atoms with Gasteiger partial charge >= 0.3 is 0 Å². The predicted octanol–water partition coefficient (Wildman–Crippen LogP) is 3.64. The van der Waals surface area contributed by atoms with Crippen molar-refractivity contribution >= 4 is 5.57 Å². The summed E-state index contributed by atoms with van der Waals surface area (Å²) in [5.74, 6) is 0. The Balaban J connectivity index is 2.72. The van der Waals surface area contributed by atoms with Crippen molar-refractivity contribution in [2.45, 2.75) is 32.6 Å². The van der Waals surface area contributed by atoms with E-state index in [1.807, 2.05) is 6.07 Å². The summed E-state index contributed by atoms with van der Waals surface area (Å²) in [6.07, 6.45) is 6.45. The van der Waals surface area contributed by atoms with E-state index >= 15 is 0 Å². The Morgan fingerprint density at radius 2 is 2.00 bits per heavy atom. The van der Waals surface area contributed by atoms with E-state index in [0.717, 1.165) is 12.8 Å². The van der Waals surface area contributed by atoms with Crippen LogP contribution >= 0.6 is 0 Å². The van der Waals surface area contributed by atoms with Crippen molar-refractivity contribution in [1.82, 2.24) is 0 Å². The molecular formula is C14H20O. The van der Waals surface area contributed by atoms with Gasteiger partial charge in [-0.15, -0.1) is 0 Å². The summed E-state index contributed by atoms with van der Waals surface area (Å²) in [5.41, 5.74) is 2.66. The van der Waals surface area contributed by atoms with Crippen LogP contribution in [0.1, 0.15) is 38.2 Å². The van der Waals surface area contributed by atoms with Crippen molar-refractivity contribution in [2.75, 3.05) is 6.61 Å². The summed E-state index contributed by atoms with van der Waals surface area (Å²) in [6.45, 7) is 2.44. The average molecular weight is 204 g/mol. The number of unbranched alkanes of at least 4 members (excludes halogenated alkanes) is 1. The molecule has 15 heavy (non-hydrogen) atoms. The lowest BCUT2D eigenvalue weighted by Crippen LogP contribution is -1.87. The molecule has 1 rings (SSSR count). The summed E-state index contributed by atoms with van der Waals surface area (Å²) in [4.78, 5) is 0. The molecule has 1 N–H and O–H groups in total. The smallest absolute Gasteiger partial charge is 0.0465 e. The van der Waals surface area contributed by atoms with E-state index in [2.05, 4.69) is 37.3 Å². The van der Waals surface area contributed by atoms with Gasteiger partial charge < -0.3 is 5.11 Å². The molecule has 1 aromatic rings. The van der Waals surface area contributed by atoms with E-state index in [1.54, 1.807) is 0 Å². The van der Waals surface area contributed by atoms with Gasteiger partial charge in [-0.2, -0.15) is 0 Å². The van der Waals surface area contributed by atoms with E-state index in [9.17, 15) is 0 Å². The van der Waals surface area contributed by atoms with Crippen LogP contribution in [0.15, 0.2) is 36.4 Å². The Morgan fingerprint density at radius 3 is 2.60 bits per heavy atom. The summed E-state index contributed by atoms with van der Waals surface area (Å²) < 4.78 is 0. The second-order valence-corrected chi connectivity index (χ2v) is 3.71. The fourth-order valence-corrected chi connectivity index (χ4v) is 1.62. The fraction of sp³-hybridized carbons (Fsp3) is 0.429. The summed E-state index contributed by atoms with van der Waals surface area (Å²) >= 11 is 0. The first-order valence-corrected chi connectivity index (χ1v) is 5.73. The summed E-state index contributed by atoms with van der Waals surface area (Å²) in [5, 5.41) is 8.84. The largest absolute Gasteiger partial charge is 0.396 e. The molecule has 0 aliphatic rings. The van der Waals surface area contributed by atoms with Gasteiger partial charge in [0.2, 0.25) is 0 Å². The van der Waals surface area contributed by atoms with E-state index in [0.29, 0.717) is 0 Å². The topological polar surface area (TPSA) is 20.2 Å². The molecule has 0 atom stereocenters. The molecule has 0 aliphatic carbocycles. The molecule has 0 saturated carbocycles. The van der Waals surface area contributed by atoms with Gasteiger partial charge in [0.1, 0.15) is 0 Å². The fourth-order valence-electron chi connectivity index (χ4n) is 1.62. The van der Waals surface area contributed by atoms with E-state index in [4.69, 9.17) is 5.11 Å². The molecule has 0 bridgehead atoms. The van der Waals surface area contributed by atoms with Crippen LogP contribution in [0.2, 0.25) is 0 Å². The average Bonchev–Trinajstić information content (AvgIpc) is 2.30. The van der Waals surface area contributed by atoms with Gasteiger partial charge in [0.25, 0.3) is 0 Å². The van der Waals surface area contributed by atoms with Crippen molar-refractivity contribution in [3.63, 3.8) is 0 Å². The molecule has 1 aromatic carbocycles. The number of benzene rings is 1. The molecule has 0 unspecified atom stereocenters. The van der Waals surface area contributed by atoms with Gasteiger partial charge in [0, 0.05) is 6.61 Å². The zero-order valence-electron chi connectivity index (χ0n) is 9.45. The second-order valence-electron chi connectivity index (χ2n) is 3.71. The number of aliphatic hydroxyl groups excluding tert-OH is 1. The molecule has 0 spiro atoms. The van der Waals surface area contributed by atoms with E-state index < -0.39 is 0 Å². The Morgan fingerprint density at radius 1 is 1.27 bits per heavy atom. The minimum absolute atomic E-state index is 0.239. The Bertz CT molecular complexity index is 287. The minimum Gasteiger partial charge on any atom is -0.396 e. The lowest BCUT2D eigenvalue weighted by molar-refractivity contribution is 0.302. The molecule has 0 saturated heterocycles. The highest BCUT2D eigenvalue weighted by Gasteiger charge is 1.99. The maximum atomic E-state index is 8.84. The normalized spacial score (nSPS) is 11.7. The van der Waals surface area contributed by atoms with Gasteiger partial charge in [-0.25, -0.2) is 0 Å². The monoisotopic (exact) mass is 204 g/mol. The summed E-state index contributed by atoms with van der Waals surface area (Å²) in [6, 6.07) is 10.4. The van der Waals surface area contributed by atoms with Crippen molar-refractivity contribution in [1.29, 1.82) is 0 Å². The van der Waals surface area contributed by atoms with Crippen LogP contribution < -0.4 is 0 Å². The Labute approximate surface area is 92.5 Å². The molecule has 0 aromatic heterocycles. The number of hydrogen-bond donors (Lipinski definition) is 1. The van der Waals surface area contributed by atoms with Crippen molar-refractivity contribution in [3.05, 3.63) is 42.0 Å².